The number of rotatable bonds is 6. The molecule has 0 saturated carbocycles. The minimum Gasteiger partial charge on any atom is -0.306 e. The molecule has 1 saturated heterocycles. The number of nitrogens with zero attached hydrogens (tertiary/aromatic N) is 2. The van der Waals surface area contributed by atoms with Crippen molar-refractivity contribution in [3.8, 4) is 11.1 Å². The van der Waals surface area contributed by atoms with Crippen molar-refractivity contribution in [1.82, 2.24) is 20.0 Å². The summed E-state index contributed by atoms with van der Waals surface area (Å²) in [6.07, 6.45) is 7.10. The molecular formula is C25H23FN4OS. The highest BCUT2D eigenvalue weighted by Gasteiger charge is 2.25. The summed E-state index contributed by atoms with van der Waals surface area (Å²) in [6.45, 7) is 0.629. The van der Waals surface area contributed by atoms with Gasteiger partial charge in [-0.1, -0.05) is 36.4 Å². The van der Waals surface area contributed by atoms with Gasteiger partial charge in [-0.3, -0.25) is 4.98 Å². The molecule has 4 aromatic rings. The van der Waals surface area contributed by atoms with E-state index in [0.29, 0.717) is 6.54 Å². The number of aromatic nitrogens is 2. The van der Waals surface area contributed by atoms with E-state index in [1.807, 2.05) is 36.4 Å². The Morgan fingerprint density at radius 3 is 2.66 bits per heavy atom. The highest BCUT2D eigenvalue weighted by Crippen LogP contribution is 2.29. The van der Waals surface area contributed by atoms with Crippen molar-refractivity contribution in [2.75, 3.05) is 6.54 Å². The van der Waals surface area contributed by atoms with Crippen LogP contribution in [-0.2, 0) is 11.0 Å². The van der Waals surface area contributed by atoms with Crippen LogP contribution < -0.4 is 10.0 Å². The quantitative estimate of drug-likeness (QED) is 0.427. The molecule has 0 amide bonds. The maximum atomic E-state index is 13.0. The van der Waals surface area contributed by atoms with Gasteiger partial charge in [0.2, 0.25) is 5.95 Å². The van der Waals surface area contributed by atoms with E-state index in [1.165, 1.54) is 11.6 Å². The zero-order valence-electron chi connectivity index (χ0n) is 17.4. The summed E-state index contributed by atoms with van der Waals surface area (Å²) in [7, 11) is -1.29. The van der Waals surface area contributed by atoms with Crippen LogP contribution in [0.15, 0.2) is 84.1 Å². The Morgan fingerprint density at radius 1 is 1.00 bits per heavy atom. The molecule has 1 aliphatic heterocycles. The average molecular weight is 447 g/mol. The van der Waals surface area contributed by atoms with E-state index in [9.17, 15) is 8.60 Å². The fraction of sp³-hybridized carbons (Fsp3) is 0.200. The summed E-state index contributed by atoms with van der Waals surface area (Å²) < 4.78 is 29.1. The molecule has 2 aromatic carbocycles. The normalized spacial score (nSPS) is 19.3. The summed E-state index contributed by atoms with van der Waals surface area (Å²) in [4.78, 5) is 8.65. The molecule has 1 fully saturated rings. The smallest absolute Gasteiger partial charge is 0.212 e. The monoisotopic (exact) mass is 446 g/mol. The van der Waals surface area contributed by atoms with Crippen molar-refractivity contribution in [1.29, 1.82) is 0 Å². The van der Waals surface area contributed by atoms with Crippen molar-refractivity contribution in [2.45, 2.75) is 29.8 Å². The van der Waals surface area contributed by atoms with Crippen LogP contribution in [0.1, 0.15) is 24.4 Å². The van der Waals surface area contributed by atoms with Crippen molar-refractivity contribution < 1.29 is 8.60 Å². The fourth-order valence-electron chi connectivity index (χ4n) is 4.21. The first-order valence-electron chi connectivity index (χ1n) is 10.6. The van der Waals surface area contributed by atoms with E-state index >= 15 is 0 Å². The van der Waals surface area contributed by atoms with Gasteiger partial charge in [0.05, 0.1) is 4.90 Å². The average Bonchev–Trinajstić information content (AvgIpc) is 3.32. The van der Waals surface area contributed by atoms with Crippen LogP contribution >= 0.6 is 0 Å². The summed E-state index contributed by atoms with van der Waals surface area (Å²) in [5, 5.41) is 5.59. The van der Waals surface area contributed by atoms with Crippen LogP contribution in [0.5, 0.6) is 0 Å². The summed E-state index contributed by atoms with van der Waals surface area (Å²) in [6, 6.07) is 19.6. The molecule has 2 aromatic heterocycles. The maximum Gasteiger partial charge on any atom is 0.212 e. The number of hydrogen-bond donors (Lipinski definition) is 2. The Hall–Kier alpha value is -3.00. The van der Waals surface area contributed by atoms with E-state index in [0.717, 1.165) is 39.6 Å². The van der Waals surface area contributed by atoms with E-state index in [-0.39, 0.29) is 12.1 Å². The van der Waals surface area contributed by atoms with Crippen molar-refractivity contribution in [3.63, 3.8) is 0 Å². The zero-order valence-corrected chi connectivity index (χ0v) is 18.2. The lowest BCUT2D eigenvalue weighted by molar-refractivity contribution is 0.545. The minimum atomic E-state index is -1.29. The minimum absolute atomic E-state index is 0.251. The predicted molar refractivity (Wildman–Crippen MR) is 125 cm³/mol. The molecule has 2 N–H and O–H groups in total. The fourth-order valence-corrected chi connectivity index (χ4v) is 5.30. The highest BCUT2D eigenvalue weighted by molar-refractivity contribution is 7.83. The number of nitrogens with one attached hydrogen (secondary N) is 2. The Balaban J connectivity index is 1.19. The summed E-state index contributed by atoms with van der Waals surface area (Å²) in [5.74, 6) is -0.474. The lowest BCUT2D eigenvalue weighted by atomic mass is 10.0. The largest absolute Gasteiger partial charge is 0.306 e. The van der Waals surface area contributed by atoms with Crippen molar-refractivity contribution >= 4 is 21.8 Å². The SMILES string of the molecule is O=S(NCC1CCC(c2ccc(-c3ccc(F)nc3)cc2)N1)c1cccc2cnccc12. The molecule has 3 atom stereocenters. The number of pyridine rings is 2. The van der Waals surface area contributed by atoms with Crippen LogP contribution in [-0.4, -0.2) is 26.8 Å². The molecule has 0 spiro atoms. The van der Waals surface area contributed by atoms with E-state index < -0.39 is 16.9 Å². The summed E-state index contributed by atoms with van der Waals surface area (Å²) in [5.41, 5.74) is 3.12. The van der Waals surface area contributed by atoms with Gasteiger partial charge in [0.25, 0.3) is 0 Å². The third kappa shape index (κ3) is 4.46. The first-order chi connectivity index (χ1) is 15.7. The maximum absolute atomic E-state index is 13.0. The lowest BCUT2D eigenvalue weighted by Gasteiger charge is -2.16. The number of benzene rings is 2. The van der Waals surface area contributed by atoms with Crippen LogP contribution in [0.3, 0.4) is 0 Å². The molecule has 5 nitrogen and oxygen atoms in total. The molecule has 162 valence electrons. The standard InChI is InChI=1S/C25H23FN4OS/c26-25-11-8-19(15-28-25)17-4-6-18(7-5-17)23-10-9-21(30-23)16-29-32(31)24-3-1-2-20-14-27-13-12-22(20)24/h1-8,11-15,21,23,29-30H,9-10,16H2. The Labute approximate surface area is 188 Å². The van der Waals surface area contributed by atoms with Crippen LogP contribution in [0.4, 0.5) is 4.39 Å². The van der Waals surface area contributed by atoms with Gasteiger partial charge in [-0.15, -0.1) is 0 Å². The molecule has 0 radical (unpaired) electrons. The van der Waals surface area contributed by atoms with Gasteiger partial charge in [-0.25, -0.2) is 13.9 Å². The predicted octanol–water partition coefficient (Wildman–Crippen LogP) is 4.54. The van der Waals surface area contributed by atoms with Gasteiger partial charge < -0.3 is 5.32 Å². The van der Waals surface area contributed by atoms with E-state index in [2.05, 4.69) is 32.1 Å². The molecule has 7 heteroatoms. The van der Waals surface area contributed by atoms with Gasteiger partial charge in [-0.2, -0.15) is 4.39 Å². The third-order valence-electron chi connectivity index (χ3n) is 5.92. The Kier molecular flexibility index (Phi) is 6.03. The molecular weight excluding hydrogens is 423 g/mol. The van der Waals surface area contributed by atoms with E-state index in [1.54, 1.807) is 24.7 Å². The van der Waals surface area contributed by atoms with Crippen LogP contribution in [0.25, 0.3) is 21.9 Å². The summed E-state index contributed by atoms with van der Waals surface area (Å²) >= 11 is 0. The molecule has 1 aliphatic rings. The second-order valence-corrected chi connectivity index (χ2v) is 9.22. The highest BCUT2D eigenvalue weighted by atomic mass is 32.2. The lowest BCUT2D eigenvalue weighted by Crippen LogP contribution is -2.35. The molecule has 3 heterocycles. The topological polar surface area (TPSA) is 66.9 Å². The number of halogens is 1. The Morgan fingerprint density at radius 2 is 1.84 bits per heavy atom. The number of hydrogen-bond acceptors (Lipinski definition) is 4. The molecule has 3 unspecified atom stereocenters. The first-order valence-corrected chi connectivity index (χ1v) is 11.8. The van der Waals surface area contributed by atoms with Gasteiger partial charge in [0.1, 0.15) is 11.0 Å². The van der Waals surface area contributed by atoms with Crippen LogP contribution in [0, 0.1) is 5.95 Å². The van der Waals surface area contributed by atoms with E-state index in [4.69, 9.17) is 0 Å². The second-order valence-electron chi connectivity index (χ2n) is 7.96. The second kappa shape index (κ2) is 9.24. The molecule has 32 heavy (non-hydrogen) atoms. The van der Waals surface area contributed by atoms with Gasteiger partial charge in [-0.05, 0) is 48.2 Å². The number of fused-ring (bicyclic) bond motifs is 1. The van der Waals surface area contributed by atoms with Crippen molar-refractivity contribution in [2.24, 2.45) is 0 Å². The molecule has 0 aliphatic carbocycles. The van der Waals surface area contributed by atoms with Gasteiger partial charge in [0.15, 0.2) is 0 Å². The van der Waals surface area contributed by atoms with Crippen LogP contribution in [0.2, 0.25) is 0 Å². The first kappa shape index (κ1) is 20.9. The third-order valence-corrected chi connectivity index (χ3v) is 7.10. The van der Waals surface area contributed by atoms with Gasteiger partial charge >= 0.3 is 0 Å². The van der Waals surface area contributed by atoms with Gasteiger partial charge in [0, 0.05) is 53.6 Å². The van der Waals surface area contributed by atoms with Crippen molar-refractivity contribution in [3.05, 3.63) is 90.8 Å². The Bertz CT molecular complexity index is 1240. The molecule has 5 rings (SSSR count). The molecule has 0 bridgehead atoms. The zero-order chi connectivity index (χ0) is 21.9.